The molecule has 0 aliphatic heterocycles. The predicted molar refractivity (Wildman–Crippen MR) is 256 cm³/mol. The van der Waals surface area contributed by atoms with E-state index in [1.165, 1.54) is 186 Å². The molecule has 0 aliphatic rings. The second-order valence-electron chi connectivity index (χ2n) is 19.2. The summed E-state index contributed by atoms with van der Waals surface area (Å²) in [6.45, 7) is 11.4. The van der Waals surface area contributed by atoms with Crippen molar-refractivity contribution in [2.24, 2.45) is 11.8 Å². The lowest BCUT2D eigenvalue weighted by Gasteiger charge is -2.18. The maximum absolute atomic E-state index is 12.8. The summed E-state index contributed by atoms with van der Waals surface area (Å²) in [7, 11) is 0. The Morgan fingerprint density at radius 2 is 0.633 bits per heavy atom. The quantitative estimate of drug-likeness (QED) is 0.0345. The van der Waals surface area contributed by atoms with Gasteiger partial charge in [0.15, 0.2) is 6.10 Å². The van der Waals surface area contributed by atoms with E-state index in [9.17, 15) is 14.4 Å². The third-order valence-electron chi connectivity index (χ3n) is 12.6. The van der Waals surface area contributed by atoms with Crippen LogP contribution in [-0.4, -0.2) is 37.2 Å². The molecule has 1 unspecified atom stereocenters. The molecule has 0 aromatic heterocycles. The zero-order chi connectivity index (χ0) is 44.0. The second-order valence-corrected chi connectivity index (χ2v) is 19.2. The second kappa shape index (κ2) is 46.9. The van der Waals surface area contributed by atoms with E-state index >= 15 is 0 Å². The molecule has 6 nitrogen and oxygen atoms in total. The van der Waals surface area contributed by atoms with Crippen LogP contribution in [0.4, 0.5) is 0 Å². The highest BCUT2D eigenvalue weighted by Gasteiger charge is 2.19. The molecule has 0 radical (unpaired) electrons. The third-order valence-corrected chi connectivity index (χ3v) is 12.6. The summed E-state index contributed by atoms with van der Waals surface area (Å²) >= 11 is 0. The first-order chi connectivity index (χ1) is 29.3. The van der Waals surface area contributed by atoms with Crippen LogP contribution in [0.15, 0.2) is 0 Å². The SMILES string of the molecule is CCCCCCCCCCCCCCCCCCCC(=O)OC[C@@H](COC(=O)CCCCCCCCC(C)CC)OC(=O)CCCCCCCCCCCCCCC(C)C. The van der Waals surface area contributed by atoms with E-state index in [4.69, 9.17) is 14.2 Å². The molecule has 60 heavy (non-hydrogen) atoms. The Hall–Kier alpha value is -1.59. The van der Waals surface area contributed by atoms with Crippen LogP contribution >= 0.6 is 0 Å². The van der Waals surface area contributed by atoms with Gasteiger partial charge in [0, 0.05) is 19.3 Å². The molecule has 0 rings (SSSR count). The Morgan fingerprint density at radius 1 is 0.350 bits per heavy atom. The lowest BCUT2D eigenvalue weighted by molar-refractivity contribution is -0.167. The normalized spacial score (nSPS) is 12.5. The van der Waals surface area contributed by atoms with E-state index in [0.29, 0.717) is 19.3 Å². The van der Waals surface area contributed by atoms with Crippen LogP contribution in [0.1, 0.15) is 298 Å². The minimum Gasteiger partial charge on any atom is -0.462 e. The van der Waals surface area contributed by atoms with Gasteiger partial charge in [0.25, 0.3) is 0 Å². The Kier molecular flexibility index (Phi) is 45.7. The molecule has 0 saturated carbocycles. The topological polar surface area (TPSA) is 78.9 Å². The average Bonchev–Trinajstić information content (AvgIpc) is 3.23. The van der Waals surface area contributed by atoms with E-state index in [-0.39, 0.29) is 31.1 Å². The van der Waals surface area contributed by atoms with Crippen LogP contribution < -0.4 is 0 Å². The Bertz CT molecular complexity index is 918. The van der Waals surface area contributed by atoms with E-state index in [0.717, 1.165) is 69.6 Å². The lowest BCUT2D eigenvalue weighted by atomic mass is 10.00. The van der Waals surface area contributed by atoms with Crippen LogP contribution in [0, 0.1) is 11.8 Å². The summed E-state index contributed by atoms with van der Waals surface area (Å²) in [6, 6.07) is 0. The van der Waals surface area contributed by atoms with Gasteiger partial charge >= 0.3 is 17.9 Å². The zero-order valence-corrected chi connectivity index (χ0v) is 41.1. The first kappa shape index (κ1) is 58.4. The summed E-state index contributed by atoms with van der Waals surface area (Å²) in [5.41, 5.74) is 0. The van der Waals surface area contributed by atoms with Crippen molar-refractivity contribution < 1.29 is 28.6 Å². The highest BCUT2D eigenvalue weighted by atomic mass is 16.6. The number of rotatable bonds is 48. The van der Waals surface area contributed by atoms with Crippen LogP contribution in [-0.2, 0) is 28.6 Å². The van der Waals surface area contributed by atoms with Crippen LogP contribution in [0.3, 0.4) is 0 Å². The predicted octanol–water partition coefficient (Wildman–Crippen LogP) is 17.3. The smallest absolute Gasteiger partial charge is 0.306 e. The van der Waals surface area contributed by atoms with Crippen molar-refractivity contribution >= 4 is 17.9 Å². The molecule has 0 N–H and O–H groups in total. The molecule has 0 bridgehead atoms. The van der Waals surface area contributed by atoms with Gasteiger partial charge in [-0.15, -0.1) is 0 Å². The van der Waals surface area contributed by atoms with Gasteiger partial charge in [0.1, 0.15) is 13.2 Å². The van der Waals surface area contributed by atoms with Crippen LogP contribution in [0.5, 0.6) is 0 Å². The van der Waals surface area contributed by atoms with E-state index in [1.54, 1.807) is 0 Å². The highest BCUT2D eigenvalue weighted by molar-refractivity contribution is 5.71. The van der Waals surface area contributed by atoms with Crippen LogP contribution in [0.2, 0.25) is 0 Å². The van der Waals surface area contributed by atoms with Gasteiger partial charge in [-0.05, 0) is 31.1 Å². The molecular formula is C54H104O6. The van der Waals surface area contributed by atoms with Crippen molar-refractivity contribution in [3.8, 4) is 0 Å². The minimum atomic E-state index is -0.762. The molecule has 2 atom stereocenters. The molecule has 0 spiro atoms. The molecule has 0 aliphatic carbocycles. The minimum absolute atomic E-state index is 0.0641. The number of carbonyl (C=O) groups is 3. The largest absolute Gasteiger partial charge is 0.462 e. The maximum atomic E-state index is 12.8. The fourth-order valence-electron chi connectivity index (χ4n) is 8.13. The number of ether oxygens (including phenoxy) is 3. The monoisotopic (exact) mass is 849 g/mol. The van der Waals surface area contributed by atoms with E-state index < -0.39 is 6.10 Å². The first-order valence-corrected chi connectivity index (χ1v) is 26.8. The molecule has 6 heteroatoms. The van der Waals surface area contributed by atoms with Gasteiger partial charge in [-0.1, -0.05) is 259 Å². The van der Waals surface area contributed by atoms with Gasteiger partial charge in [-0.3, -0.25) is 14.4 Å². The standard InChI is InChI=1S/C54H104O6/c1-6-8-9-10-11-12-13-14-15-16-17-18-22-25-28-34-39-44-52(55)58-47-51(48-59-53(56)45-40-35-31-30-33-38-43-50(5)7-2)60-54(57)46-41-36-29-26-23-20-19-21-24-27-32-37-42-49(3)4/h49-51H,6-48H2,1-5H3/t50?,51-/m0/s1. The van der Waals surface area contributed by atoms with E-state index in [1.807, 2.05) is 0 Å². The van der Waals surface area contributed by atoms with Gasteiger partial charge in [0.2, 0.25) is 0 Å². The first-order valence-electron chi connectivity index (χ1n) is 26.8. The molecule has 356 valence electrons. The summed E-state index contributed by atoms with van der Waals surface area (Å²) in [5.74, 6) is 0.797. The number of hydrogen-bond donors (Lipinski definition) is 0. The summed E-state index contributed by atoms with van der Waals surface area (Å²) < 4.78 is 16.8. The Labute approximate surface area is 374 Å². The Morgan fingerprint density at radius 3 is 0.950 bits per heavy atom. The fourth-order valence-corrected chi connectivity index (χ4v) is 8.13. The highest BCUT2D eigenvalue weighted by Crippen LogP contribution is 2.18. The van der Waals surface area contributed by atoms with Crippen molar-refractivity contribution in [3.63, 3.8) is 0 Å². The molecule has 0 aromatic carbocycles. The third kappa shape index (κ3) is 45.9. The van der Waals surface area contributed by atoms with Gasteiger partial charge < -0.3 is 14.2 Å². The molecule has 0 fully saturated rings. The van der Waals surface area contributed by atoms with Crippen LogP contribution in [0.25, 0.3) is 0 Å². The van der Waals surface area contributed by atoms with Crippen molar-refractivity contribution in [2.45, 2.75) is 304 Å². The average molecular weight is 849 g/mol. The number of unbranched alkanes of at least 4 members (excludes halogenated alkanes) is 32. The number of hydrogen-bond acceptors (Lipinski definition) is 6. The van der Waals surface area contributed by atoms with Gasteiger partial charge in [-0.2, -0.15) is 0 Å². The maximum Gasteiger partial charge on any atom is 0.306 e. The lowest BCUT2D eigenvalue weighted by Crippen LogP contribution is -2.30. The molecule has 0 amide bonds. The molecule has 0 saturated heterocycles. The van der Waals surface area contributed by atoms with Crippen molar-refractivity contribution in [1.29, 1.82) is 0 Å². The molecule has 0 heterocycles. The summed E-state index contributed by atoms with van der Waals surface area (Å²) in [5, 5.41) is 0. The molecular weight excluding hydrogens is 745 g/mol. The van der Waals surface area contributed by atoms with Crippen molar-refractivity contribution in [1.82, 2.24) is 0 Å². The number of carbonyl (C=O) groups excluding carboxylic acids is 3. The Balaban J connectivity index is 4.28. The fraction of sp³-hybridized carbons (Fsp3) is 0.944. The van der Waals surface area contributed by atoms with Crippen molar-refractivity contribution in [2.75, 3.05) is 13.2 Å². The van der Waals surface area contributed by atoms with Crippen molar-refractivity contribution in [3.05, 3.63) is 0 Å². The summed E-state index contributed by atoms with van der Waals surface area (Å²) in [6.07, 6.45) is 48.1. The van der Waals surface area contributed by atoms with E-state index in [2.05, 4.69) is 34.6 Å². The zero-order valence-electron chi connectivity index (χ0n) is 41.1. The van der Waals surface area contributed by atoms with Gasteiger partial charge in [-0.25, -0.2) is 0 Å². The van der Waals surface area contributed by atoms with Gasteiger partial charge in [0.05, 0.1) is 0 Å². The number of esters is 3. The summed E-state index contributed by atoms with van der Waals surface area (Å²) in [4.78, 5) is 38.0. The molecule has 0 aromatic rings.